The van der Waals surface area contributed by atoms with Gasteiger partial charge in [-0.3, -0.25) is 9.59 Å². The second-order valence-electron chi connectivity index (χ2n) is 6.27. The Morgan fingerprint density at radius 3 is 2.07 bits per heavy atom. The van der Waals surface area contributed by atoms with Crippen LogP contribution in [0, 0.1) is 0 Å². The number of anilines is 1. The van der Waals surface area contributed by atoms with E-state index in [0.717, 1.165) is 12.1 Å². The monoisotopic (exact) mass is 388 g/mol. The van der Waals surface area contributed by atoms with Gasteiger partial charge in [-0.05, 0) is 32.0 Å². The molecule has 0 radical (unpaired) electrons. The molecule has 1 aliphatic heterocycles. The van der Waals surface area contributed by atoms with Crippen LogP contribution in [0.5, 0.6) is 0 Å². The van der Waals surface area contributed by atoms with Gasteiger partial charge in [0.1, 0.15) is 0 Å². The Morgan fingerprint density at radius 2 is 1.46 bits per heavy atom. The summed E-state index contributed by atoms with van der Waals surface area (Å²) in [5, 5.41) is 0. The van der Waals surface area contributed by atoms with Crippen LogP contribution >= 0.6 is 0 Å². The van der Waals surface area contributed by atoms with E-state index in [2.05, 4.69) is 0 Å². The van der Waals surface area contributed by atoms with Crippen molar-refractivity contribution in [1.29, 1.82) is 0 Å². The van der Waals surface area contributed by atoms with Crippen molar-refractivity contribution in [2.75, 3.05) is 18.0 Å². The average Bonchev–Trinajstić information content (AvgIpc) is 2.68. The summed E-state index contributed by atoms with van der Waals surface area (Å²) in [4.78, 5) is 28.6. The number of imide groups is 1. The van der Waals surface area contributed by atoms with Crippen molar-refractivity contribution in [1.82, 2.24) is 4.90 Å². The van der Waals surface area contributed by atoms with Crippen LogP contribution in [0.25, 0.3) is 5.57 Å². The van der Waals surface area contributed by atoms with E-state index in [0.29, 0.717) is 23.6 Å². The molecule has 0 N–H and O–H groups in total. The van der Waals surface area contributed by atoms with Crippen molar-refractivity contribution in [3.8, 4) is 0 Å². The van der Waals surface area contributed by atoms with Gasteiger partial charge in [0.25, 0.3) is 11.8 Å². The lowest BCUT2D eigenvalue weighted by Gasteiger charge is -2.31. The Morgan fingerprint density at radius 1 is 0.893 bits per heavy atom. The number of carbonyl (C=O) groups is 2. The number of hydrogen-bond donors (Lipinski definition) is 0. The van der Waals surface area contributed by atoms with Gasteiger partial charge in [0.2, 0.25) is 0 Å². The third kappa shape index (κ3) is 3.40. The smallest absolute Gasteiger partial charge is 0.377 e. The molecule has 4 nitrogen and oxygen atoms in total. The van der Waals surface area contributed by atoms with Crippen molar-refractivity contribution in [2.45, 2.75) is 20.0 Å². The number of para-hydroxylation sites is 1. The number of benzene rings is 2. The molecule has 1 aliphatic rings. The molecule has 0 spiro atoms. The summed E-state index contributed by atoms with van der Waals surface area (Å²) >= 11 is 0. The number of rotatable bonds is 4. The molecule has 0 fully saturated rings. The third-order valence-electron chi connectivity index (χ3n) is 4.66. The van der Waals surface area contributed by atoms with Crippen LogP contribution < -0.4 is 4.90 Å². The highest BCUT2D eigenvalue weighted by Crippen LogP contribution is 2.40. The van der Waals surface area contributed by atoms with Crippen LogP contribution in [0.2, 0.25) is 0 Å². The lowest BCUT2D eigenvalue weighted by molar-refractivity contribution is -0.137. The SMILES string of the molecule is CCN(/C=C1/C(=O)N(c2ccccc2C(F)(F)F)C(=O)c2ccccc21)CC. The van der Waals surface area contributed by atoms with Gasteiger partial charge in [-0.1, -0.05) is 30.3 Å². The van der Waals surface area contributed by atoms with E-state index in [1.807, 2.05) is 18.7 Å². The Labute approximate surface area is 160 Å². The fourth-order valence-electron chi connectivity index (χ4n) is 3.19. The molecule has 0 bridgehead atoms. The molecule has 1 heterocycles. The largest absolute Gasteiger partial charge is 0.418 e. The summed E-state index contributed by atoms with van der Waals surface area (Å²) in [6, 6.07) is 11.1. The maximum Gasteiger partial charge on any atom is 0.418 e. The normalized spacial score (nSPS) is 15.8. The molecule has 3 rings (SSSR count). The van der Waals surface area contributed by atoms with Gasteiger partial charge in [0.15, 0.2) is 0 Å². The molecule has 28 heavy (non-hydrogen) atoms. The van der Waals surface area contributed by atoms with E-state index >= 15 is 0 Å². The van der Waals surface area contributed by atoms with Crippen molar-refractivity contribution in [3.05, 3.63) is 71.4 Å². The first-order valence-electron chi connectivity index (χ1n) is 8.89. The summed E-state index contributed by atoms with van der Waals surface area (Å²) in [7, 11) is 0. The number of carbonyl (C=O) groups excluding carboxylic acids is 2. The maximum atomic E-state index is 13.5. The number of hydrogen-bond acceptors (Lipinski definition) is 3. The molecule has 0 aliphatic carbocycles. The third-order valence-corrected chi connectivity index (χ3v) is 4.66. The Balaban J connectivity index is 2.23. The predicted molar refractivity (Wildman–Crippen MR) is 101 cm³/mol. The minimum Gasteiger partial charge on any atom is -0.377 e. The Bertz CT molecular complexity index is 947. The van der Waals surface area contributed by atoms with Crippen LogP contribution in [0.15, 0.2) is 54.7 Å². The van der Waals surface area contributed by atoms with Gasteiger partial charge in [0.05, 0.1) is 16.8 Å². The van der Waals surface area contributed by atoms with Crippen molar-refractivity contribution >= 4 is 23.1 Å². The van der Waals surface area contributed by atoms with Crippen LogP contribution in [-0.4, -0.2) is 29.8 Å². The minimum atomic E-state index is -4.70. The summed E-state index contributed by atoms with van der Waals surface area (Å²) in [6.45, 7) is 5.04. The minimum absolute atomic E-state index is 0.191. The van der Waals surface area contributed by atoms with Crippen molar-refractivity contribution < 1.29 is 22.8 Å². The lowest BCUT2D eigenvalue weighted by Crippen LogP contribution is -2.43. The number of amides is 2. The summed E-state index contributed by atoms with van der Waals surface area (Å²) < 4.78 is 40.5. The van der Waals surface area contributed by atoms with Gasteiger partial charge in [-0.15, -0.1) is 0 Å². The summed E-state index contributed by atoms with van der Waals surface area (Å²) in [5.41, 5.74) is -0.693. The van der Waals surface area contributed by atoms with Gasteiger partial charge >= 0.3 is 6.18 Å². The molecular weight excluding hydrogens is 369 g/mol. The molecule has 0 atom stereocenters. The molecule has 2 aromatic rings. The first kappa shape index (κ1) is 19.7. The van der Waals surface area contributed by atoms with Crippen LogP contribution in [0.3, 0.4) is 0 Å². The van der Waals surface area contributed by atoms with Gasteiger partial charge in [-0.2, -0.15) is 13.2 Å². The van der Waals surface area contributed by atoms with Gasteiger partial charge < -0.3 is 4.90 Å². The summed E-state index contributed by atoms with van der Waals surface area (Å²) in [6.07, 6.45) is -3.09. The lowest BCUT2D eigenvalue weighted by atomic mass is 9.93. The summed E-state index contributed by atoms with van der Waals surface area (Å²) in [5.74, 6) is -1.54. The Hall–Kier alpha value is -3.09. The molecule has 7 heteroatoms. The van der Waals surface area contributed by atoms with Crippen LogP contribution in [0.1, 0.15) is 35.3 Å². The molecule has 2 amide bonds. The highest BCUT2D eigenvalue weighted by molar-refractivity contribution is 6.41. The highest BCUT2D eigenvalue weighted by Gasteiger charge is 2.41. The molecule has 0 unspecified atom stereocenters. The van der Waals surface area contributed by atoms with Gasteiger partial charge in [-0.25, -0.2) is 4.90 Å². The topological polar surface area (TPSA) is 40.6 Å². The number of alkyl halides is 3. The van der Waals surface area contributed by atoms with E-state index in [1.54, 1.807) is 24.4 Å². The van der Waals surface area contributed by atoms with E-state index in [-0.39, 0.29) is 11.1 Å². The Kier molecular flexibility index (Phi) is 5.27. The molecule has 2 aromatic carbocycles. The predicted octanol–water partition coefficient (Wildman–Crippen LogP) is 4.58. The first-order valence-corrected chi connectivity index (χ1v) is 8.89. The fourth-order valence-corrected chi connectivity index (χ4v) is 3.19. The molecular formula is C21H19F3N2O2. The van der Waals surface area contributed by atoms with Crippen LogP contribution in [0.4, 0.5) is 18.9 Å². The maximum absolute atomic E-state index is 13.5. The number of nitrogens with zero attached hydrogens (tertiary/aromatic N) is 2. The number of fused-ring (bicyclic) bond motifs is 1. The zero-order valence-electron chi connectivity index (χ0n) is 15.5. The molecule has 0 saturated heterocycles. The molecule has 146 valence electrons. The highest BCUT2D eigenvalue weighted by atomic mass is 19.4. The fraction of sp³-hybridized carbons (Fsp3) is 0.238. The van der Waals surface area contributed by atoms with E-state index in [4.69, 9.17) is 0 Å². The van der Waals surface area contributed by atoms with Gasteiger partial charge in [0, 0.05) is 30.4 Å². The van der Waals surface area contributed by atoms with E-state index < -0.39 is 29.2 Å². The second kappa shape index (κ2) is 7.50. The second-order valence-corrected chi connectivity index (χ2v) is 6.27. The van der Waals surface area contributed by atoms with Crippen molar-refractivity contribution in [2.24, 2.45) is 0 Å². The van der Waals surface area contributed by atoms with Crippen LogP contribution in [-0.2, 0) is 11.0 Å². The zero-order chi connectivity index (χ0) is 20.5. The quantitative estimate of drug-likeness (QED) is 0.569. The average molecular weight is 388 g/mol. The first-order chi connectivity index (χ1) is 13.3. The van der Waals surface area contributed by atoms with Crippen molar-refractivity contribution in [3.63, 3.8) is 0 Å². The molecule has 0 aromatic heterocycles. The van der Waals surface area contributed by atoms with E-state index in [1.165, 1.54) is 18.2 Å². The van der Waals surface area contributed by atoms with E-state index in [9.17, 15) is 22.8 Å². The molecule has 0 saturated carbocycles. The zero-order valence-corrected chi connectivity index (χ0v) is 15.5. The standard InChI is InChI=1S/C21H19F3N2O2/c1-3-25(4-2)13-16-14-9-5-6-10-15(14)19(27)26(20(16)28)18-12-8-7-11-17(18)21(22,23)24/h5-13H,3-4H2,1-2H3/b16-13+. The number of halogens is 3.